The number of hydrazine groups is 1. The number of aryl methyl sites for hydroxylation is 1. The van der Waals surface area contributed by atoms with Crippen molar-refractivity contribution in [3.63, 3.8) is 0 Å². The highest BCUT2D eigenvalue weighted by atomic mass is 32.1. The average molecular weight is 283 g/mol. The van der Waals surface area contributed by atoms with Gasteiger partial charge in [-0.3, -0.25) is 15.6 Å². The molecule has 0 bridgehead atoms. The van der Waals surface area contributed by atoms with Crippen LogP contribution < -0.4 is 16.2 Å². The Morgan fingerprint density at radius 1 is 1.50 bits per heavy atom. The van der Waals surface area contributed by atoms with Crippen LogP contribution in [0.4, 0.5) is 0 Å². The molecule has 3 N–H and O–H groups in total. The van der Waals surface area contributed by atoms with Gasteiger partial charge in [-0.1, -0.05) is 6.92 Å². The van der Waals surface area contributed by atoms with Crippen LogP contribution in [0.3, 0.4) is 0 Å². The summed E-state index contributed by atoms with van der Waals surface area (Å²) in [6.45, 7) is 2.26. The summed E-state index contributed by atoms with van der Waals surface area (Å²) in [4.78, 5) is 14.0. The Morgan fingerprint density at radius 2 is 2.28 bits per heavy atom. The maximum absolute atomic E-state index is 11.9. The predicted molar refractivity (Wildman–Crippen MR) is 77.8 cm³/mol. The molecule has 6 heteroatoms. The summed E-state index contributed by atoms with van der Waals surface area (Å²) >= 11 is 6.48. The first kappa shape index (κ1) is 13.3. The summed E-state index contributed by atoms with van der Waals surface area (Å²) in [6.07, 6.45) is 3.40. The molecule has 98 valence electrons. The van der Waals surface area contributed by atoms with Crippen molar-refractivity contribution in [2.45, 2.75) is 26.2 Å². The minimum atomic E-state index is -0.125. The molecule has 1 heterocycles. The van der Waals surface area contributed by atoms with E-state index >= 15 is 0 Å². The van der Waals surface area contributed by atoms with Gasteiger partial charge in [0.1, 0.15) is 0 Å². The zero-order chi connectivity index (χ0) is 13.1. The van der Waals surface area contributed by atoms with Crippen LogP contribution in [-0.2, 0) is 12.8 Å². The van der Waals surface area contributed by atoms with Crippen molar-refractivity contribution < 1.29 is 4.79 Å². The summed E-state index contributed by atoms with van der Waals surface area (Å²) in [5.74, 6) is 0.595. The Balaban J connectivity index is 2.01. The third-order valence-corrected chi connectivity index (χ3v) is 4.61. The lowest BCUT2D eigenvalue weighted by molar-refractivity contribution is 0.0948. The first-order chi connectivity index (χ1) is 8.60. The van der Waals surface area contributed by atoms with Gasteiger partial charge in [0.05, 0.1) is 4.88 Å². The zero-order valence-corrected chi connectivity index (χ0v) is 12.1. The molecule has 0 aromatic carbocycles. The van der Waals surface area contributed by atoms with E-state index in [4.69, 9.17) is 12.2 Å². The highest BCUT2D eigenvalue weighted by molar-refractivity contribution is 7.80. The van der Waals surface area contributed by atoms with E-state index in [0.29, 0.717) is 5.11 Å². The van der Waals surface area contributed by atoms with Gasteiger partial charge < -0.3 is 5.32 Å². The minimum absolute atomic E-state index is 0.125. The molecule has 0 unspecified atom stereocenters. The van der Waals surface area contributed by atoms with E-state index in [2.05, 4.69) is 23.1 Å². The zero-order valence-electron chi connectivity index (χ0n) is 10.5. The second-order valence-corrected chi connectivity index (χ2v) is 6.11. The fourth-order valence-corrected chi connectivity index (χ4v) is 3.21. The van der Waals surface area contributed by atoms with Crippen molar-refractivity contribution >= 4 is 34.6 Å². The van der Waals surface area contributed by atoms with E-state index in [1.54, 1.807) is 18.4 Å². The van der Waals surface area contributed by atoms with Gasteiger partial charge in [-0.15, -0.1) is 11.3 Å². The maximum atomic E-state index is 11.9. The van der Waals surface area contributed by atoms with E-state index in [0.717, 1.165) is 23.6 Å². The Hall–Kier alpha value is -1.14. The van der Waals surface area contributed by atoms with Crippen LogP contribution in [0.5, 0.6) is 0 Å². The number of thiophene rings is 1. The molecule has 4 nitrogen and oxygen atoms in total. The molecule has 1 atom stereocenters. The normalized spacial score (nSPS) is 17.8. The molecule has 18 heavy (non-hydrogen) atoms. The fraction of sp³-hybridized carbons (Fsp3) is 0.500. The van der Waals surface area contributed by atoms with Crippen molar-refractivity contribution in [1.82, 2.24) is 16.2 Å². The van der Waals surface area contributed by atoms with E-state index in [9.17, 15) is 4.79 Å². The van der Waals surface area contributed by atoms with Crippen LogP contribution in [-0.4, -0.2) is 18.1 Å². The molecule has 1 aliphatic rings. The number of rotatable bonds is 1. The molecular formula is C12H17N3OS2. The van der Waals surface area contributed by atoms with Crippen molar-refractivity contribution in [3.05, 3.63) is 21.4 Å². The first-order valence-electron chi connectivity index (χ1n) is 5.99. The number of carbonyl (C=O) groups is 1. The van der Waals surface area contributed by atoms with E-state index in [-0.39, 0.29) is 5.91 Å². The number of fused-ring (bicyclic) bond motifs is 1. The Morgan fingerprint density at radius 3 is 3.00 bits per heavy atom. The number of carbonyl (C=O) groups excluding carboxylic acids is 1. The van der Waals surface area contributed by atoms with Crippen LogP contribution in [0.1, 0.15) is 33.5 Å². The number of thiocarbonyl (C=S) groups is 1. The number of hydrogen-bond donors (Lipinski definition) is 3. The van der Waals surface area contributed by atoms with Crippen LogP contribution in [0.15, 0.2) is 6.07 Å². The smallest absolute Gasteiger partial charge is 0.279 e. The van der Waals surface area contributed by atoms with Crippen LogP contribution in [0, 0.1) is 5.92 Å². The van der Waals surface area contributed by atoms with Gasteiger partial charge >= 0.3 is 0 Å². The maximum Gasteiger partial charge on any atom is 0.279 e. The van der Waals surface area contributed by atoms with Gasteiger partial charge in [0, 0.05) is 11.9 Å². The molecule has 1 amide bonds. The fourth-order valence-electron chi connectivity index (χ4n) is 2.06. The van der Waals surface area contributed by atoms with Crippen molar-refractivity contribution in [2.24, 2.45) is 5.92 Å². The lowest BCUT2D eigenvalue weighted by Gasteiger charge is -2.16. The highest BCUT2D eigenvalue weighted by Gasteiger charge is 2.20. The van der Waals surface area contributed by atoms with Gasteiger partial charge in [-0.25, -0.2) is 0 Å². The topological polar surface area (TPSA) is 53.2 Å². The lowest BCUT2D eigenvalue weighted by Crippen LogP contribution is -2.45. The Kier molecular flexibility index (Phi) is 4.19. The summed E-state index contributed by atoms with van der Waals surface area (Å²) in [7, 11) is 1.70. The number of hydrogen-bond acceptors (Lipinski definition) is 3. The third kappa shape index (κ3) is 3.00. The van der Waals surface area contributed by atoms with E-state index < -0.39 is 0 Å². The highest BCUT2D eigenvalue weighted by Crippen LogP contribution is 2.31. The molecule has 1 aromatic heterocycles. The summed E-state index contributed by atoms with van der Waals surface area (Å²) in [6, 6.07) is 2.01. The van der Waals surface area contributed by atoms with Crippen molar-refractivity contribution in [2.75, 3.05) is 7.05 Å². The molecule has 0 spiro atoms. The SMILES string of the molecule is CNC(=S)NNC(=O)c1cc2c(s1)CC[C@@H](C)C2. The summed E-state index contributed by atoms with van der Waals surface area (Å²) in [5, 5.41) is 3.14. The van der Waals surface area contributed by atoms with Crippen molar-refractivity contribution in [1.29, 1.82) is 0 Å². The molecular weight excluding hydrogens is 266 g/mol. The van der Waals surface area contributed by atoms with Crippen LogP contribution in [0.25, 0.3) is 0 Å². The molecule has 1 aliphatic carbocycles. The lowest BCUT2D eigenvalue weighted by atomic mass is 9.90. The molecule has 1 aromatic rings. The van der Waals surface area contributed by atoms with Gasteiger partial charge in [-0.2, -0.15) is 0 Å². The molecule has 0 aliphatic heterocycles. The van der Waals surface area contributed by atoms with Gasteiger partial charge in [0.2, 0.25) is 0 Å². The minimum Gasteiger partial charge on any atom is -0.364 e. The first-order valence-corrected chi connectivity index (χ1v) is 7.22. The molecule has 0 radical (unpaired) electrons. The average Bonchev–Trinajstić information content (AvgIpc) is 2.78. The molecule has 2 rings (SSSR count). The standard InChI is InChI=1S/C12H17N3OS2/c1-7-3-4-9-8(5-7)6-10(18-9)11(16)14-15-12(17)13-2/h6-7H,3-5H2,1-2H3,(H,14,16)(H2,13,15,17)/t7-/m1/s1. The third-order valence-electron chi connectivity index (χ3n) is 3.07. The second kappa shape index (κ2) is 5.67. The Labute approximate surface area is 116 Å². The molecule has 0 fully saturated rings. The van der Waals surface area contributed by atoms with Gasteiger partial charge in [0.15, 0.2) is 5.11 Å². The van der Waals surface area contributed by atoms with Crippen LogP contribution >= 0.6 is 23.6 Å². The monoisotopic (exact) mass is 283 g/mol. The van der Waals surface area contributed by atoms with Gasteiger partial charge in [0.25, 0.3) is 5.91 Å². The largest absolute Gasteiger partial charge is 0.364 e. The number of amides is 1. The summed E-state index contributed by atoms with van der Waals surface area (Å²) in [5.41, 5.74) is 6.57. The number of nitrogens with one attached hydrogen (secondary N) is 3. The second-order valence-electron chi connectivity index (χ2n) is 4.57. The predicted octanol–water partition coefficient (Wildman–Crippen LogP) is 1.61. The summed E-state index contributed by atoms with van der Waals surface area (Å²) < 4.78 is 0. The molecule has 0 saturated heterocycles. The van der Waals surface area contributed by atoms with Gasteiger partial charge in [-0.05, 0) is 49.0 Å². The van der Waals surface area contributed by atoms with E-state index in [1.807, 2.05) is 6.07 Å². The quantitative estimate of drug-likeness (QED) is 0.541. The van der Waals surface area contributed by atoms with E-state index in [1.165, 1.54) is 16.9 Å². The van der Waals surface area contributed by atoms with Crippen LogP contribution in [0.2, 0.25) is 0 Å². The Bertz CT molecular complexity index is 470. The van der Waals surface area contributed by atoms with Crippen molar-refractivity contribution in [3.8, 4) is 0 Å². The molecule has 0 saturated carbocycles.